The van der Waals surface area contributed by atoms with Gasteiger partial charge in [0.15, 0.2) is 11.5 Å². The Morgan fingerprint density at radius 2 is 1.83 bits per heavy atom. The largest absolute Gasteiger partial charge is 0.493 e. The molecule has 0 saturated carbocycles. The van der Waals surface area contributed by atoms with Crippen molar-refractivity contribution in [2.75, 3.05) is 13.7 Å². The molecule has 0 radical (unpaired) electrons. The zero-order chi connectivity index (χ0) is 17.6. The van der Waals surface area contributed by atoms with Crippen molar-refractivity contribution < 1.29 is 14.6 Å². The van der Waals surface area contributed by atoms with Crippen LogP contribution in [0.2, 0.25) is 0 Å². The van der Waals surface area contributed by atoms with Gasteiger partial charge in [-0.1, -0.05) is 30.3 Å². The minimum absolute atomic E-state index is 0.478. The lowest BCUT2D eigenvalue weighted by atomic mass is 10.1. The molecule has 0 atom stereocenters. The SMILES string of the molecule is COc1cc(CNCC(C)(C)O)cc(Br)c1OCc1ccccc1. The van der Waals surface area contributed by atoms with Crippen molar-refractivity contribution in [3.63, 3.8) is 0 Å². The fraction of sp³-hybridized carbons (Fsp3) is 0.368. The molecule has 0 fully saturated rings. The Bertz CT molecular complexity index is 654. The first-order valence-corrected chi connectivity index (χ1v) is 8.64. The van der Waals surface area contributed by atoms with E-state index in [9.17, 15) is 5.11 Å². The van der Waals surface area contributed by atoms with Gasteiger partial charge in [0.2, 0.25) is 0 Å². The lowest BCUT2D eigenvalue weighted by molar-refractivity contribution is 0.0795. The van der Waals surface area contributed by atoms with Crippen LogP contribution in [-0.2, 0) is 13.2 Å². The van der Waals surface area contributed by atoms with Crippen LogP contribution in [0.15, 0.2) is 46.9 Å². The average Bonchev–Trinajstić information content (AvgIpc) is 2.53. The van der Waals surface area contributed by atoms with Crippen LogP contribution < -0.4 is 14.8 Å². The van der Waals surface area contributed by atoms with Crippen molar-refractivity contribution in [3.05, 3.63) is 58.1 Å². The van der Waals surface area contributed by atoms with Crippen LogP contribution in [0.25, 0.3) is 0 Å². The fourth-order valence-electron chi connectivity index (χ4n) is 2.26. The second-order valence-electron chi connectivity index (χ2n) is 6.30. The van der Waals surface area contributed by atoms with E-state index in [4.69, 9.17) is 9.47 Å². The molecule has 2 rings (SSSR count). The highest BCUT2D eigenvalue weighted by atomic mass is 79.9. The van der Waals surface area contributed by atoms with E-state index in [2.05, 4.69) is 21.2 Å². The van der Waals surface area contributed by atoms with Gasteiger partial charge in [-0.25, -0.2) is 0 Å². The van der Waals surface area contributed by atoms with Crippen LogP contribution in [0.1, 0.15) is 25.0 Å². The molecule has 0 saturated heterocycles. The topological polar surface area (TPSA) is 50.7 Å². The maximum atomic E-state index is 9.76. The third kappa shape index (κ3) is 5.82. The van der Waals surface area contributed by atoms with Gasteiger partial charge in [-0.15, -0.1) is 0 Å². The molecule has 4 nitrogen and oxygen atoms in total. The predicted octanol–water partition coefficient (Wildman–Crippen LogP) is 3.90. The monoisotopic (exact) mass is 393 g/mol. The fourth-order valence-corrected chi connectivity index (χ4v) is 2.86. The Labute approximate surface area is 151 Å². The summed E-state index contributed by atoms with van der Waals surface area (Å²) in [5.41, 5.74) is 1.41. The number of methoxy groups -OCH3 is 1. The van der Waals surface area contributed by atoms with Crippen LogP contribution in [0.3, 0.4) is 0 Å². The Kier molecular flexibility index (Phi) is 6.66. The molecule has 0 aromatic heterocycles. The maximum absolute atomic E-state index is 9.76. The summed E-state index contributed by atoms with van der Waals surface area (Å²) in [5.74, 6) is 1.37. The van der Waals surface area contributed by atoms with E-state index in [0.29, 0.717) is 31.2 Å². The van der Waals surface area contributed by atoms with Crippen LogP contribution in [0.4, 0.5) is 0 Å². The van der Waals surface area contributed by atoms with Crippen LogP contribution >= 0.6 is 15.9 Å². The predicted molar refractivity (Wildman–Crippen MR) is 99.5 cm³/mol. The average molecular weight is 394 g/mol. The van der Waals surface area contributed by atoms with Crippen molar-refractivity contribution >= 4 is 15.9 Å². The van der Waals surface area contributed by atoms with Gasteiger partial charge in [-0.3, -0.25) is 0 Å². The smallest absolute Gasteiger partial charge is 0.175 e. The molecular weight excluding hydrogens is 370 g/mol. The van der Waals surface area contributed by atoms with Crippen LogP contribution in [0.5, 0.6) is 11.5 Å². The van der Waals surface area contributed by atoms with E-state index < -0.39 is 5.60 Å². The molecule has 2 N–H and O–H groups in total. The number of ether oxygens (including phenoxy) is 2. The highest BCUT2D eigenvalue weighted by molar-refractivity contribution is 9.10. The second kappa shape index (κ2) is 8.51. The first kappa shape index (κ1) is 18.8. The van der Waals surface area contributed by atoms with E-state index in [1.807, 2.05) is 42.5 Å². The van der Waals surface area contributed by atoms with Crippen LogP contribution in [0, 0.1) is 0 Å². The minimum Gasteiger partial charge on any atom is -0.493 e. The molecule has 2 aromatic carbocycles. The quantitative estimate of drug-likeness (QED) is 0.713. The highest BCUT2D eigenvalue weighted by Crippen LogP contribution is 2.37. The van der Waals surface area contributed by atoms with Crippen molar-refractivity contribution in [1.29, 1.82) is 0 Å². The van der Waals surface area contributed by atoms with Gasteiger partial charge in [-0.2, -0.15) is 0 Å². The molecule has 0 spiro atoms. The lowest BCUT2D eigenvalue weighted by Crippen LogP contribution is -2.34. The normalized spacial score (nSPS) is 11.4. The number of hydrogen-bond donors (Lipinski definition) is 2. The Hall–Kier alpha value is -1.56. The van der Waals surface area contributed by atoms with Gasteiger partial charge < -0.3 is 19.9 Å². The lowest BCUT2D eigenvalue weighted by Gasteiger charge is -2.18. The zero-order valence-corrected chi connectivity index (χ0v) is 15.9. The first-order chi connectivity index (χ1) is 11.4. The number of rotatable bonds is 8. The molecule has 0 aliphatic rings. The number of hydrogen-bond acceptors (Lipinski definition) is 4. The van der Waals surface area contributed by atoms with E-state index in [1.54, 1.807) is 21.0 Å². The molecule has 0 aliphatic heterocycles. The summed E-state index contributed by atoms with van der Waals surface area (Å²) in [6.07, 6.45) is 0. The summed E-state index contributed by atoms with van der Waals surface area (Å²) in [6.45, 7) is 5.18. The Morgan fingerprint density at radius 1 is 1.12 bits per heavy atom. The molecule has 0 aliphatic carbocycles. The van der Waals surface area contributed by atoms with Gasteiger partial charge >= 0.3 is 0 Å². The first-order valence-electron chi connectivity index (χ1n) is 7.85. The van der Waals surface area contributed by atoms with E-state index >= 15 is 0 Å². The number of halogens is 1. The molecule has 0 heterocycles. The van der Waals surface area contributed by atoms with Gasteiger partial charge in [0.25, 0.3) is 0 Å². The van der Waals surface area contributed by atoms with E-state index in [0.717, 1.165) is 15.6 Å². The number of aliphatic hydroxyl groups is 1. The maximum Gasteiger partial charge on any atom is 0.175 e. The minimum atomic E-state index is -0.736. The van der Waals surface area contributed by atoms with Gasteiger partial charge in [0, 0.05) is 13.1 Å². The molecule has 0 bridgehead atoms. The van der Waals surface area contributed by atoms with E-state index in [1.165, 1.54) is 0 Å². The Balaban J connectivity index is 2.06. The van der Waals surface area contributed by atoms with Gasteiger partial charge in [0.1, 0.15) is 6.61 Å². The van der Waals surface area contributed by atoms with Crippen molar-refractivity contribution in [1.82, 2.24) is 5.32 Å². The van der Waals surface area contributed by atoms with Crippen molar-refractivity contribution in [3.8, 4) is 11.5 Å². The molecule has 130 valence electrons. The number of benzene rings is 2. The third-order valence-electron chi connectivity index (χ3n) is 3.40. The summed E-state index contributed by atoms with van der Waals surface area (Å²) in [5, 5.41) is 13.0. The molecule has 24 heavy (non-hydrogen) atoms. The summed E-state index contributed by atoms with van der Waals surface area (Å²) < 4.78 is 12.2. The van der Waals surface area contributed by atoms with Crippen LogP contribution in [-0.4, -0.2) is 24.4 Å². The highest BCUT2D eigenvalue weighted by Gasteiger charge is 2.14. The van der Waals surface area contributed by atoms with E-state index in [-0.39, 0.29) is 0 Å². The molecule has 5 heteroatoms. The van der Waals surface area contributed by atoms with Crippen molar-refractivity contribution in [2.45, 2.75) is 32.6 Å². The Morgan fingerprint density at radius 3 is 2.46 bits per heavy atom. The molecule has 0 amide bonds. The zero-order valence-electron chi connectivity index (χ0n) is 14.3. The summed E-state index contributed by atoms with van der Waals surface area (Å²) >= 11 is 3.56. The van der Waals surface area contributed by atoms with Crippen molar-refractivity contribution in [2.24, 2.45) is 0 Å². The molecular formula is C19H24BrNO3. The van der Waals surface area contributed by atoms with Gasteiger partial charge in [-0.05, 0) is 53.0 Å². The summed E-state index contributed by atoms with van der Waals surface area (Å²) in [7, 11) is 1.63. The molecule has 2 aromatic rings. The summed E-state index contributed by atoms with van der Waals surface area (Å²) in [4.78, 5) is 0. The number of nitrogens with one attached hydrogen (secondary N) is 1. The molecule has 0 unspecified atom stereocenters. The third-order valence-corrected chi connectivity index (χ3v) is 3.99. The summed E-state index contributed by atoms with van der Waals surface area (Å²) in [6, 6.07) is 14.0. The standard InChI is InChI=1S/C19H24BrNO3/c1-19(2,22)13-21-11-15-9-16(20)18(17(10-15)23-3)24-12-14-7-5-4-6-8-14/h4-10,21-22H,11-13H2,1-3H3. The second-order valence-corrected chi connectivity index (χ2v) is 7.15. The van der Waals surface area contributed by atoms with Gasteiger partial charge in [0.05, 0.1) is 17.2 Å².